The molecule has 0 heterocycles. The van der Waals surface area contributed by atoms with Crippen molar-refractivity contribution in [2.75, 3.05) is 5.32 Å². The maximum atomic E-state index is 12.0. The van der Waals surface area contributed by atoms with Crippen LogP contribution in [0.25, 0.3) is 0 Å². The second kappa shape index (κ2) is 9.71. The van der Waals surface area contributed by atoms with Gasteiger partial charge in [-0.05, 0) is 42.3 Å². The molecule has 2 N–H and O–H groups in total. The van der Waals surface area contributed by atoms with E-state index in [0.717, 1.165) is 26.9 Å². The number of halogens is 1. The van der Waals surface area contributed by atoms with Gasteiger partial charge in [0.15, 0.2) is 0 Å². The van der Waals surface area contributed by atoms with E-state index >= 15 is 0 Å². The fraction of sp³-hybridized carbons (Fsp3) is 0.0909. The molecule has 0 aliphatic rings. The molecule has 2 amide bonds. The van der Waals surface area contributed by atoms with Crippen molar-refractivity contribution in [2.24, 2.45) is 5.10 Å². The average Bonchev–Trinajstić information content (AvgIpc) is 2.70. The van der Waals surface area contributed by atoms with Gasteiger partial charge in [0.2, 0.25) is 0 Å². The lowest BCUT2D eigenvalue weighted by atomic mass is 10.2. The Hall–Kier alpha value is -3.12. The lowest BCUT2D eigenvalue weighted by Gasteiger charge is -2.10. The number of para-hydroxylation sites is 1. The van der Waals surface area contributed by atoms with Gasteiger partial charge in [-0.3, -0.25) is 0 Å². The predicted octanol–water partition coefficient (Wildman–Crippen LogP) is 5.49. The van der Waals surface area contributed by atoms with E-state index in [-0.39, 0.29) is 0 Å². The molecular weight excluding hydrogens is 418 g/mol. The van der Waals surface area contributed by atoms with Crippen LogP contribution in [-0.2, 0) is 6.61 Å². The van der Waals surface area contributed by atoms with Crippen molar-refractivity contribution >= 4 is 33.9 Å². The Morgan fingerprint density at radius 3 is 2.61 bits per heavy atom. The summed E-state index contributed by atoms with van der Waals surface area (Å²) in [4.78, 5) is 12.0. The van der Waals surface area contributed by atoms with Gasteiger partial charge in [-0.15, -0.1) is 0 Å². The Morgan fingerprint density at radius 1 is 1.07 bits per heavy atom. The van der Waals surface area contributed by atoms with Crippen LogP contribution in [0.3, 0.4) is 0 Å². The lowest BCUT2D eigenvalue weighted by molar-refractivity contribution is 0.252. The summed E-state index contributed by atoms with van der Waals surface area (Å²) in [6, 6.07) is 22.7. The summed E-state index contributed by atoms with van der Waals surface area (Å²) in [6.45, 7) is 2.38. The summed E-state index contributed by atoms with van der Waals surface area (Å²) < 4.78 is 6.80. The first-order valence-electron chi connectivity index (χ1n) is 8.74. The van der Waals surface area contributed by atoms with Crippen LogP contribution in [0.4, 0.5) is 10.5 Å². The van der Waals surface area contributed by atoms with Crippen LogP contribution in [0.2, 0.25) is 0 Å². The van der Waals surface area contributed by atoms with Gasteiger partial charge >= 0.3 is 6.03 Å². The van der Waals surface area contributed by atoms with E-state index in [4.69, 9.17) is 4.74 Å². The highest BCUT2D eigenvalue weighted by Gasteiger charge is 2.05. The molecule has 3 aromatic rings. The van der Waals surface area contributed by atoms with Crippen molar-refractivity contribution in [3.63, 3.8) is 0 Å². The number of carbonyl (C=O) groups excluding carboxylic acids is 1. The van der Waals surface area contributed by atoms with E-state index in [1.54, 1.807) is 6.21 Å². The van der Waals surface area contributed by atoms with E-state index in [1.807, 2.05) is 79.7 Å². The number of anilines is 1. The summed E-state index contributed by atoms with van der Waals surface area (Å²) in [6.07, 6.45) is 1.56. The summed E-state index contributed by atoms with van der Waals surface area (Å²) in [5.74, 6) is 0.678. The number of nitrogens with zero attached hydrogens (tertiary/aromatic N) is 1. The molecule has 3 rings (SSSR count). The van der Waals surface area contributed by atoms with Crippen molar-refractivity contribution in [3.8, 4) is 5.75 Å². The molecule has 0 bridgehead atoms. The average molecular weight is 438 g/mol. The molecule has 3 aromatic carbocycles. The third-order valence-corrected chi connectivity index (χ3v) is 4.47. The summed E-state index contributed by atoms with van der Waals surface area (Å²) in [5.41, 5.74) is 6.02. The van der Waals surface area contributed by atoms with Gasteiger partial charge in [0, 0.05) is 15.7 Å². The Kier molecular flexibility index (Phi) is 6.81. The van der Waals surface area contributed by atoms with E-state index in [2.05, 4.69) is 31.8 Å². The number of nitrogens with one attached hydrogen (secondary N) is 2. The zero-order valence-corrected chi connectivity index (χ0v) is 16.9. The monoisotopic (exact) mass is 437 g/mol. The first-order valence-corrected chi connectivity index (χ1v) is 9.53. The van der Waals surface area contributed by atoms with E-state index in [9.17, 15) is 4.79 Å². The van der Waals surface area contributed by atoms with E-state index < -0.39 is 6.03 Å². The Morgan fingerprint density at radius 2 is 1.82 bits per heavy atom. The van der Waals surface area contributed by atoms with Crippen LogP contribution in [0.15, 0.2) is 82.4 Å². The Labute approximate surface area is 172 Å². The molecule has 0 spiro atoms. The molecule has 5 nitrogen and oxygen atoms in total. The fourth-order valence-corrected chi connectivity index (χ4v) is 2.89. The standard InChI is InChI=1S/C22H20BrN3O2/c1-16-7-5-6-10-20(16)25-22(27)26-24-14-18-13-19(23)11-12-21(18)28-15-17-8-3-2-4-9-17/h2-14H,15H2,1H3,(H2,25,26,27). The van der Waals surface area contributed by atoms with Gasteiger partial charge in [-0.2, -0.15) is 5.10 Å². The van der Waals surface area contributed by atoms with Crippen molar-refractivity contribution in [3.05, 3.63) is 94.0 Å². The second-order valence-corrected chi connectivity index (χ2v) is 7.01. The van der Waals surface area contributed by atoms with Crippen LogP contribution in [0, 0.1) is 6.92 Å². The van der Waals surface area contributed by atoms with Crippen molar-refractivity contribution in [1.82, 2.24) is 5.43 Å². The van der Waals surface area contributed by atoms with Crippen molar-refractivity contribution in [1.29, 1.82) is 0 Å². The molecule has 0 unspecified atom stereocenters. The number of hydrogen-bond donors (Lipinski definition) is 2. The number of hydrogen-bond acceptors (Lipinski definition) is 3. The molecule has 6 heteroatoms. The number of hydrazone groups is 1. The minimum atomic E-state index is -0.410. The number of carbonyl (C=O) groups is 1. The molecule has 0 saturated heterocycles. The second-order valence-electron chi connectivity index (χ2n) is 6.10. The molecule has 0 aliphatic heterocycles. The minimum absolute atomic E-state index is 0.410. The summed E-state index contributed by atoms with van der Waals surface area (Å²) in [7, 11) is 0. The topological polar surface area (TPSA) is 62.7 Å². The van der Waals surface area contributed by atoms with Gasteiger partial charge in [0.25, 0.3) is 0 Å². The van der Waals surface area contributed by atoms with E-state index in [0.29, 0.717) is 12.4 Å². The van der Waals surface area contributed by atoms with Crippen molar-refractivity contribution < 1.29 is 9.53 Å². The molecule has 28 heavy (non-hydrogen) atoms. The lowest BCUT2D eigenvalue weighted by Crippen LogP contribution is -2.24. The molecule has 0 fully saturated rings. The Bertz CT molecular complexity index is 975. The zero-order valence-electron chi connectivity index (χ0n) is 15.4. The fourth-order valence-electron chi connectivity index (χ4n) is 2.51. The predicted molar refractivity (Wildman–Crippen MR) is 116 cm³/mol. The molecule has 0 aliphatic carbocycles. The van der Waals surface area contributed by atoms with Gasteiger partial charge in [0.05, 0.1) is 6.21 Å². The number of aryl methyl sites for hydroxylation is 1. The maximum absolute atomic E-state index is 12.0. The van der Waals surface area contributed by atoms with Gasteiger partial charge in [0.1, 0.15) is 12.4 Å². The number of rotatable bonds is 6. The highest BCUT2D eigenvalue weighted by Crippen LogP contribution is 2.23. The highest BCUT2D eigenvalue weighted by molar-refractivity contribution is 9.10. The number of urea groups is 1. The van der Waals surface area contributed by atoms with Gasteiger partial charge in [-0.25, -0.2) is 10.2 Å². The van der Waals surface area contributed by atoms with Gasteiger partial charge in [-0.1, -0.05) is 64.5 Å². The van der Waals surface area contributed by atoms with Crippen LogP contribution >= 0.6 is 15.9 Å². The van der Waals surface area contributed by atoms with Crippen molar-refractivity contribution in [2.45, 2.75) is 13.5 Å². The largest absolute Gasteiger partial charge is 0.488 e. The minimum Gasteiger partial charge on any atom is -0.488 e. The van der Waals surface area contributed by atoms with Crippen LogP contribution < -0.4 is 15.5 Å². The molecular formula is C22H20BrN3O2. The quantitative estimate of drug-likeness (QED) is 0.395. The van der Waals surface area contributed by atoms with Gasteiger partial charge < -0.3 is 10.1 Å². The van der Waals surface area contributed by atoms with E-state index in [1.165, 1.54) is 0 Å². The Balaban J connectivity index is 1.63. The van der Waals surface area contributed by atoms with Crippen LogP contribution in [0.5, 0.6) is 5.75 Å². The normalized spacial score (nSPS) is 10.6. The first-order chi connectivity index (χ1) is 13.6. The number of amides is 2. The van der Waals surface area contributed by atoms with Crippen LogP contribution in [0.1, 0.15) is 16.7 Å². The SMILES string of the molecule is Cc1ccccc1NC(=O)NN=Cc1cc(Br)ccc1OCc1ccccc1. The molecule has 142 valence electrons. The summed E-state index contributed by atoms with van der Waals surface area (Å²) >= 11 is 3.45. The molecule has 0 atom stereocenters. The number of benzene rings is 3. The molecule has 0 saturated carbocycles. The third-order valence-electron chi connectivity index (χ3n) is 3.97. The highest BCUT2D eigenvalue weighted by atomic mass is 79.9. The van der Waals surface area contributed by atoms with Crippen LogP contribution in [-0.4, -0.2) is 12.2 Å². The smallest absolute Gasteiger partial charge is 0.339 e. The zero-order chi connectivity index (χ0) is 19.8. The number of ether oxygens (including phenoxy) is 1. The molecule has 0 radical (unpaired) electrons. The first kappa shape index (κ1) is 19.6. The third kappa shape index (κ3) is 5.69. The maximum Gasteiger partial charge on any atom is 0.339 e. The molecule has 0 aromatic heterocycles. The summed E-state index contributed by atoms with van der Waals surface area (Å²) in [5, 5.41) is 6.80.